The molecule has 30 heavy (non-hydrogen) atoms. The molecule has 3 rings (SSSR count). The molecule has 0 bridgehead atoms. The lowest BCUT2D eigenvalue weighted by Gasteiger charge is -2.22. The number of urea groups is 1. The van der Waals surface area contributed by atoms with Gasteiger partial charge >= 0.3 is 12.0 Å². The highest BCUT2D eigenvalue weighted by molar-refractivity contribution is 7.92. The molecule has 0 radical (unpaired) electrons. The predicted octanol–water partition coefficient (Wildman–Crippen LogP) is 1.71. The number of hydrogen-bond donors (Lipinski definition) is 2. The van der Waals surface area contributed by atoms with E-state index >= 15 is 0 Å². The first-order chi connectivity index (χ1) is 14.1. The van der Waals surface area contributed by atoms with Crippen molar-refractivity contribution in [3.05, 3.63) is 29.3 Å². The van der Waals surface area contributed by atoms with E-state index in [0.29, 0.717) is 12.1 Å². The maximum absolute atomic E-state index is 12.3. The Hall–Kier alpha value is -2.62. The quantitative estimate of drug-likeness (QED) is 0.677. The standard InChI is InChI=1S/C20H27N3O6S/c1-13-10-15-11-14(8-9-17(15)23(13)30(2,27)28)19(25)29-12-18(24)22-20(26)21-16-6-4-3-5-7-16/h8-9,11,13,16H,3-7,10,12H2,1-2H3,(H2,21,22,24,26). The summed E-state index contributed by atoms with van der Waals surface area (Å²) in [5.74, 6) is -1.43. The molecule has 0 saturated heterocycles. The lowest BCUT2D eigenvalue weighted by Crippen LogP contribution is -2.46. The van der Waals surface area contributed by atoms with Gasteiger partial charge in [-0.2, -0.15) is 0 Å². The van der Waals surface area contributed by atoms with Gasteiger partial charge in [0.15, 0.2) is 6.61 Å². The van der Waals surface area contributed by atoms with Crippen LogP contribution in [-0.4, -0.2) is 51.3 Å². The number of ether oxygens (including phenoxy) is 1. The van der Waals surface area contributed by atoms with Gasteiger partial charge < -0.3 is 10.1 Å². The number of rotatable bonds is 5. The zero-order valence-corrected chi connectivity index (χ0v) is 18.0. The van der Waals surface area contributed by atoms with Crippen LogP contribution in [0.15, 0.2) is 18.2 Å². The van der Waals surface area contributed by atoms with E-state index in [1.807, 2.05) is 0 Å². The highest BCUT2D eigenvalue weighted by atomic mass is 32.2. The number of esters is 1. The topological polar surface area (TPSA) is 122 Å². The van der Waals surface area contributed by atoms with Gasteiger partial charge in [0.25, 0.3) is 5.91 Å². The van der Waals surface area contributed by atoms with E-state index in [2.05, 4.69) is 10.6 Å². The molecule has 1 atom stereocenters. The minimum Gasteiger partial charge on any atom is -0.452 e. The molecule has 1 aliphatic heterocycles. The van der Waals surface area contributed by atoms with Gasteiger partial charge in [-0.1, -0.05) is 19.3 Å². The summed E-state index contributed by atoms with van der Waals surface area (Å²) in [4.78, 5) is 36.0. The first-order valence-corrected chi connectivity index (χ1v) is 11.9. The van der Waals surface area contributed by atoms with E-state index in [0.717, 1.165) is 43.9 Å². The predicted molar refractivity (Wildman–Crippen MR) is 111 cm³/mol. The minimum absolute atomic E-state index is 0.0643. The molecule has 2 aliphatic rings. The van der Waals surface area contributed by atoms with Gasteiger partial charge in [-0.15, -0.1) is 0 Å². The lowest BCUT2D eigenvalue weighted by atomic mass is 9.96. The van der Waals surface area contributed by atoms with E-state index in [9.17, 15) is 22.8 Å². The Labute approximate surface area is 176 Å². The molecular formula is C20H27N3O6S. The third-order valence-electron chi connectivity index (χ3n) is 5.35. The second-order valence-corrected chi connectivity index (χ2v) is 9.75. The molecule has 1 unspecified atom stereocenters. The van der Waals surface area contributed by atoms with Crippen molar-refractivity contribution < 1.29 is 27.5 Å². The summed E-state index contributed by atoms with van der Waals surface area (Å²) >= 11 is 0. The molecule has 0 aromatic heterocycles. The number of nitrogens with zero attached hydrogens (tertiary/aromatic N) is 1. The van der Waals surface area contributed by atoms with Crippen molar-refractivity contribution in [3.8, 4) is 0 Å². The van der Waals surface area contributed by atoms with E-state index in [1.165, 1.54) is 10.4 Å². The van der Waals surface area contributed by atoms with Gasteiger partial charge in [0.2, 0.25) is 10.0 Å². The number of carbonyl (C=O) groups excluding carboxylic acids is 3. The van der Waals surface area contributed by atoms with Gasteiger partial charge in [-0.3, -0.25) is 14.4 Å². The first kappa shape index (κ1) is 22.1. The molecule has 9 nitrogen and oxygen atoms in total. The summed E-state index contributed by atoms with van der Waals surface area (Å²) in [5.41, 5.74) is 1.48. The number of benzene rings is 1. The molecule has 1 aliphatic carbocycles. The van der Waals surface area contributed by atoms with Crippen LogP contribution in [0.5, 0.6) is 0 Å². The lowest BCUT2D eigenvalue weighted by molar-refractivity contribution is -0.123. The first-order valence-electron chi connectivity index (χ1n) is 10.0. The van der Waals surface area contributed by atoms with Crippen LogP contribution >= 0.6 is 0 Å². The summed E-state index contributed by atoms with van der Waals surface area (Å²) in [6.07, 6.45) is 6.67. The van der Waals surface area contributed by atoms with E-state index < -0.39 is 34.5 Å². The number of imide groups is 1. The van der Waals surface area contributed by atoms with Gasteiger partial charge in [0, 0.05) is 12.1 Å². The van der Waals surface area contributed by atoms with E-state index in [4.69, 9.17) is 4.74 Å². The van der Waals surface area contributed by atoms with Gasteiger partial charge in [-0.05, 0) is 49.9 Å². The van der Waals surface area contributed by atoms with Gasteiger partial charge in [0.1, 0.15) is 0 Å². The number of nitrogens with one attached hydrogen (secondary N) is 2. The van der Waals surface area contributed by atoms with Crippen LogP contribution in [0.2, 0.25) is 0 Å². The second kappa shape index (κ2) is 9.03. The average molecular weight is 438 g/mol. The summed E-state index contributed by atoms with van der Waals surface area (Å²) in [5, 5.41) is 4.92. The fourth-order valence-corrected chi connectivity index (χ4v) is 5.34. The Morgan fingerprint density at radius 1 is 1.17 bits per heavy atom. The monoisotopic (exact) mass is 437 g/mol. The molecule has 3 amide bonds. The molecule has 2 N–H and O–H groups in total. The second-order valence-electron chi connectivity index (χ2n) is 7.89. The maximum Gasteiger partial charge on any atom is 0.338 e. The number of carbonyl (C=O) groups is 3. The van der Waals surface area contributed by atoms with Crippen molar-refractivity contribution in [2.75, 3.05) is 17.2 Å². The Kier molecular flexibility index (Phi) is 6.64. The number of fused-ring (bicyclic) bond motifs is 1. The average Bonchev–Trinajstić information content (AvgIpc) is 3.01. The zero-order valence-electron chi connectivity index (χ0n) is 17.1. The summed E-state index contributed by atoms with van der Waals surface area (Å²) in [6.45, 7) is 1.21. The van der Waals surface area contributed by atoms with Crippen LogP contribution in [0.25, 0.3) is 0 Å². The number of anilines is 1. The number of amides is 3. The van der Waals surface area contributed by atoms with Crippen LogP contribution in [0.4, 0.5) is 10.5 Å². The molecule has 164 valence electrons. The van der Waals surface area contributed by atoms with Crippen molar-refractivity contribution in [2.45, 2.75) is 57.5 Å². The summed E-state index contributed by atoms with van der Waals surface area (Å²) in [7, 11) is -3.42. The third-order valence-corrected chi connectivity index (χ3v) is 6.62. The fourth-order valence-electron chi connectivity index (χ4n) is 4.08. The van der Waals surface area contributed by atoms with Crippen molar-refractivity contribution in [1.82, 2.24) is 10.6 Å². The SMILES string of the molecule is CC1Cc2cc(C(=O)OCC(=O)NC(=O)NC3CCCCC3)ccc2N1S(C)(=O)=O. The van der Waals surface area contributed by atoms with Crippen LogP contribution in [0.3, 0.4) is 0 Å². The van der Waals surface area contributed by atoms with Crippen LogP contribution in [0.1, 0.15) is 54.9 Å². The molecule has 1 heterocycles. The van der Waals surface area contributed by atoms with Crippen LogP contribution in [0, 0.1) is 0 Å². The Morgan fingerprint density at radius 2 is 1.87 bits per heavy atom. The van der Waals surface area contributed by atoms with Crippen molar-refractivity contribution in [2.24, 2.45) is 0 Å². The number of hydrogen-bond acceptors (Lipinski definition) is 6. The fraction of sp³-hybridized carbons (Fsp3) is 0.550. The largest absolute Gasteiger partial charge is 0.452 e. The van der Waals surface area contributed by atoms with Gasteiger partial charge in [-0.25, -0.2) is 18.0 Å². The molecule has 10 heteroatoms. The van der Waals surface area contributed by atoms with Crippen LogP contribution < -0.4 is 14.9 Å². The molecular weight excluding hydrogens is 410 g/mol. The van der Waals surface area contributed by atoms with Crippen molar-refractivity contribution in [1.29, 1.82) is 0 Å². The van der Waals surface area contributed by atoms with E-state index in [-0.39, 0.29) is 17.6 Å². The summed E-state index contributed by atoms with van der Waals surface area (Å²) in [6, 6.07) is 3.84. The Morgan fingerprint density at radius 3 is 2.53 bits per heavy atom. The smallest absolute Gasteiger partial charge is 0.338 e. The van der Waals surface area contributed by atoms with Crippen molar-refractivity contribution in [3.63, 3.8) is 0 Å². The highest BCUT2D eigenvalue weighted by Gasteiger charge is 2.33. The minimum atomic E-state index is -3.42. The van der Waals surface area contributed by atoms with E-state index in [1.54, 1.807) is 19.1 Å². The Bertz CT molecular complexity index is 940. The zero-order chi connectivity index (χ0) is 21.9. The Balaban J connectivity index is 1.52. The summed E-state index contributed by atoms with van der Waals surface area (Å²) < 4.78 is 30.3. The molecule has 1 aromatic carbocycles. The van der Waals surface area contributed by atoms with Crippen LogP contribution in [-0.2, 0) is 26.0 Å². The third kappa shape index (κ3) is 5.29. The molecule has 1 saturated carbocycles. The number of sulfonamides is 1. The molecule has 1 fully saturated rings. The normalized spacial score (nSPS) is 19.1. The maximum atomic E-state index is 12.3. The van der Waals surface area contributed by atoms with Crippen molar-refractivity contribution >= 4 is 33.6 Å². The highest BCUT2D eigenvalue weighted by Crippen LogP contribution is 2.34. The molecule has 0 spiro atoms. The molecule has 1 aromatic rings. The van der Waals surface area contributed by atoms with Gasteiger partial charge in [0.05, 0.1) is 17.5 Å².